The number of nitrogens with two attached hydrogens (primary N) is 1. The first-order chi connectivity index (χ1) is 9.60. The first-order valence-corrected chi connectivity index (χ1v) is 6.83. The SMILES string of the molecule is CN(C)c1nc(NN)nc(N(C)CC2CCCCO2)n1. The summed E-state index contributed by atoms with van der Waals surface area (Å²) in [6.07, 6.45) is 3.69. The van der Waals surface area contributed by atoms with Crippen molar-refractivity contribution in [3.05, 3.63) is 0 Å². The van der Waals surface area contributed by atoms with Crippen LogP contribution in [0.15, 0.2) is 0 Å². The van der Waals surface area contributed by atoms with E-state index in [0.29, 0.717) is 17.8 Å². The van der Waals surface area contributed by atoms with Crippen LogP contribution in [-0.2, 0) is 4.74 Å². The van der Waals surface area contributed by atoms with Crippen molar-refractivity contribution in [3.8, 4) is 0 Å². The normalized spacial score (nSPS) is 18.7. The van der Waals surface area contributed by atoms with Gasteiger partial charge in [-0.05, 0) is 19.3 Å². The molecule has 3 N–H and O–H groups in total. The van der Waals surface area contributed by atoms with Gasteiger partial charge in [0.25, 0.3) is 0 Å². The fraction of sp³-hybridized carbons (Fsp3) is 0.750. The van der Waals surface area contributed by atoms with Gasteiger partial charge in [0.1, 0.15) is 0 Å². The molecule has 1 aromatic heterocycles. The standard InChI is InChI=1S/C12H23N7O/c1-18(2)11-14-10(17-13)15-12(16-11)19(3)8-9-6-4-5-7-20-9/h9H,4-8,13H2,1-3H3,(H,14,15,16,17). The summed E-state index contributed by atoms with van der Waals surface area (Å²) in [6.45, 7) is 1.61. The summed E-state index contributed by atoms with van der Waals surface area (Å²) in [4.78, 5) is 16.7. The van der Waals surface area contributed by atoms with Crippen LogP contribution in [0.5, 0.6) is 0 Å². The molecule has 0 aromatic carbocycles. The van der Waals surface area contributed by atoms with Crippen molar-refractivity contribution < 1.29 is 4.74 Å². The van der Waals surface area contributed by atoms with Gasteiger partial charge < -0.3 is 14.5 Å². The van der Waals surface area contributed by atoms with Crippen molar-refractivity contribution in [1.29, 1.82) is 0 Å². The Morgan fingerprint density at radius 2 is 1.95 bits per heavy atom. The Morgan fingerprint density at radius 1 is 1.20 bits per heavy atom. The Hall–Kier alpha value is -1.67. The molecule has 0 bridgehead atoms. The minimum atomic E-state index is 0.239. The Labute approximate surface area is 119 Å². The molecule has 1 aromatic rings. The zero-order valence-corrected chi connectivity index (χ0v) is 12.3. The van der Waals surface area contributed by atoms with Gasteiger partial charge in [-0.25, -0.2) is 5.84 Å². The molecule has 1 unspecified atom stereocenters. The van der Waals surface area contributed by atoms with Crippen LogP contribution in [-0.4, -0.2) is 55.4 Å². The molecule has 0 saturated carbocycles. The number of rotatable bonds is 5. The minimum Gasteiger partial charge on any atom is -0.376 e. The third kappa shape index (κ3) is 3.67. The molecule has 2 rings (SSSR count). The third-order valence-corrected chi connectivity index (χ3v) is 3.23. The van der Waals surface area contributed by atoms with Gasteiger partial charge >= 0.3 is 0 Å². The van der Waals surface area contributed by atoms with E-state index in [4.69, 9.17) is 10.6 Å². The van der Waals surface area contributed by atoms with Crippen LogP contribution in [0.2, 0.25) is 0 Å². The van der Waals surface area contributed by atoms with Crippen LogP contribution in [0.1, 0.15) is 19.3 Å². The van der Waals surface area contributed by atoms with Crippen molar-refractivity contribution in [1.82, 2.24) is 15.0 Å². The number of nitrogens with one attached hydrogen (secondary N) is 1. The second-order valence-electron chi connectivity index (χ2n) is 5.17. The highest BCUT2D eigenvalue weighted by Gasteiger charge is 2.18. The summed E-state index contributed by atoms with van der Waals surface area (Å²) in [7, 11) is 5.71. The van der Waals surface area contributed by atoms with Gasteiger partial charge in [-0.15, -0.1) is 0 Å². The smallest absolute Gasteiger partial charge is 0.243 e. The predicted molar refractivity (Wildman–Crippen MR) is 78.8 cm³/mol. The van der Waals surface area contributed by atoms with Gasteiger partial charge in [0.2, 0.25) is 17.8 Å². The van der Waals surface area contributed by atoms with E-state index in [2.05, 4.69) is 20.4 Å². The molecule has 1 aliphatic rings. The highest BCUT2D eigenvalue weighted by atomic mass is 16.5. The Balaban J connectivity index is 2.11. The number of hydrogen-bond donors (Lipinski definition) is 2. The number of aromatic nitrogens is 3. The molecular formula is C12H23N7O. The van der Waals surface area contributed by atoms with Crippen molar-refractivity contribution in [2.45, 2.75) is 25.4 Å². The van der Waals surface area contributed by atoms with Gasteiger partial charge in [-0.3, -0.25) is 5.43 Å². The maximum Gasteiger partial charge on any atom is 0.243 e. The number of hydrazine groups is 1. The molecule has 20 heavy (non-hydrogen) atoms. The van der Waals surface area contributed by atoms with Crippen LogP contribution in [0.3, 0.4) is 0 Å². The fourth-order valence-corrected chi connectivity index (χ4v) is 2.13. The molecule has 0 spiro atoms. The summed E-state index contributed by atoms with van der Waals surface area (Å²) in [5.41, 5.74) is 2.47. The molecule has 1 fully saturated rings. The molecule has 1 aliphatic heterocycles. The van der Waals surface area contributed by atoms with E-state index in [1.807, 2.05) is 30.9 Å². The molecule has 1 atom stereocenters. The second-order valence-corrected chi connectivity index (χ2v) is 5.17. The molecule has 0 amide bonds. The number of nitrogens with zero attached hydrogens (tertiary/aromatic N) is 5. The van der Waals surface area contributed by atoms with Crippen LogP contribution in [0.4, 0.5) is 17.8 Å². The van der Waals surface area contributed by atoms with E-state index in [-0.39, 0.29) is 6.10 Å². The van der Waals surface area contributed by atoms with E-state index in [0.717, 1.165) is 26.0 Å². The van der Waals surface area contributed by atoms with Crippen molar-refractivity contribution in [3.63, 3.8) is 0 Å². The topological polar surface area (TPSA) is 92.4 Å². The number of anilines is 3. The lowest BCUT2D eigenvalue weighted by atomic mass is 10.1. The lowest BCUT2D eigenvalue weighted by Gasteiger charge is -2.27. The third-order valence-electron chi connectivity index (χ3n) is 3.23. The number of ether oxygens (including phenoxy) is 1. The molecule has 112 valence electrons. The molecular weight excluding hydrogens is 258 g/mol. The van der Waals surface area contributed by atoms with Crippen LogP contribution < -0.4 is 21.1 Å². The Bertz CT molecular complexity index is 434. The largest absolute Gasteiger partial charge is 0.376 e. The molecule has 2 heterocycles. The number of nitrogen functional groups attached to an aromatic ring is 1. The van der Waals surface area contributed by atoms with E-state index in [1.165, 1.54) is 6.42 Å². The van der Waals surface area contributed by atoms with E-state index >= 15 is 0 Å². The fourth-order valence-electron chi connectivity index (χ4n) is 2.13. The summed E-state index contributed by atoms with van der Waals surface area (Å²) in [6, 6.07) is 0. The first-order valence-electron chi connectivity index (χ1n) is 6.83. The van der Waals surface area contributed by atoms with Crippen LogP contribution in [0, 0.1) is 0 Å². The molecule has 0 aliphatic carbocycles. The number of likely N-dealkylation sites (N-methyl/N-ethyl adjacent to an activating group) is 1. The summed E-state index contributed by atoms with van der Waals surface area (Å²) in [5.74, 6) is 6.92. The van der Waals surface area contributed by atoms with Gasteiger partial charge in [0.05, 0.1) is 6.10 Å². The highest BCUT2D eigenvalue weighted by molar-refractivity contribution is 5.43. The highest BCUT2D eigenvalue weighted by Crippen LogP contribution is 2.17. The Kier molecular flexibility index (Phi) is 4.91. The van der Waals surface area contributed by atoms with Crippen molar-refractivity contribution in [2.75, 3.05) is 49.5 Å². The average molecular weight is 281 g/mol. The van der Waals surface area contributed by atoms with Gasteiger partial charge in [0.15, 0.2) is 0 Å². The van der Waals surface area contributed by atoms with Gasteiger partial charge in [0, 0.05) is 34.3 Å². The van der Waals surface area contributed by atoms with Crippen molar-refractivity contribution >= 4 is 17.8 Å². The van der Waals surface area contributed by atoms with E-state index in [9.17, 15) is 0 Å². The van der Waals surface area contributed by atoms with Gasteiger partial charge in [-0.1, -0.05) is 0 Å². The van der Waals surface area contributed by atoms with E-state index < -0.39 is 0 Å². The lowest BCUT2D eigenvalue weighted by molar-refractivity contribution is 0.0214. The summed E-state index contributed by atoms with van der Waals surface area (Å²) < 4.78 is 5.74. The Morgan fingerprint density at radius 3 is 2.55 bits per heavy atom. The monoisotopic (exact) mass is 281 g/mol. The quantitative estimate of drug-likeness (QED) is 0.585. The van der Waals surface area contributed by atoms with E-state index in [1.54, 1.807) is 0 Å². The van der Waals surface area contributed by atoms with Crippen molar-refractivity contribution in [2.24, 2.45) is 5.84 Å². The number of hydrogen-bond acceptors (Lipinski definition) is 8. The predicted octanol–water partition coefficient (Wildman–Crippen LogP) is 0.228. The summed E-state index contributed by atoms with van der Waals surface area (Å²) in [5, 5.41) is 0. The van der Waals surface area contributed by atoms with Crippen LogP contribution >= 0.6 is 0 Å². The maximum atomic E-state index is 5.74. The maximum absolute atomic E-state index is 5.74. The average Bonchev–Trinajstić information content (AvgIpc) is 2.47. The lowest BCUT2D eigenvalue weighted by Crippen LogP contribution is -2.34. The zero-order valence-electron chi connectivity index (χ0n) is 12.3. The zero-order chi connectivity index (χ0) is 14.5. The van der Waals surface area contributed by atoms with Gasteiger partial charge in [-0.2, -0.15) is 15.0 Å². The molecule has 1 saturated heterocycles. The molecule has 8 heteroatoms. The van der Waals surface area contributed by atoms with Crippen LogP contribution in [0.25, 0.3) is 0 Å². The minimum absolute atomic E-state index is 0.239. The first kappa shape index (κ1) is 14.7. The second kappa shape index (κ2) is 6.67. The molecule has 0 radical (unpaired) electrons. The molecule has 8 nitrogen and oxygen atoms in total. The summed E-state index contributed by atoms with van der Waals surface area (Å²) >= 11 is 0.